The Kier molecular flexibility index (Phi) is 3.83. The Morgan fingerprint density at radius 3 is 1.32 bits per heavy atom. The summed E-state index contributed by atoms with van der Waals surface area (Å²) in [7, 11) is 0. The quantitative estimate of drug-likeness (QED) is 0.528. The minimum Gasteiger partial charge on any atom is -0.301 e. The van der Waals surface area contributed by atoms with Gasteiger partial charge in [-0.05, 0) is 45.8 Å². The summed E-state index contributed by atoms with van der Waals surface area (Å²) < 4.78 is 0. The third-order valence-corrected chi connectivity index (χ3v) is 5.28. The fraction of sp³-hybridized carbons (Fsp3) is 0.0833. The van der Waals surface area contributed by atoms with Gasteiger partial charge in [0.2, 0.25) is 11.8 Å². The van der Waals surface area contributed by atoms with E-state index in [1.807, 2.05) is 84.9 Å². The summed E-state index contributed by atoms with van der Waals surface area (Å²) in [4.78, 5) is 28.9. The van der Waals surface area contributed by atoms with Crippen LogP contribution in [0.4, 0.5) is 11.4 Å². The third-order valence-electron chi connectivity index (χ3n) is 5.28. The third kappa shape index (κ3) is 2.79. The lowest BCUT2D eigenvalue weighted by Crippen LogP contribution is -2.54. The number of benzene rings is 4. The lowest BCUT2D eigenvalue weighted by molar-refractivity contribution is -0.125. The highest BCUT2D eigenvalue weighted by Gasteiger charge is 2.31. The molecule has 5 rings (SSSR count). The highest BCUT2D eigenvalue weighted by atomic mass is 16.2. The number of hydrogen-bond donors (Lipinski definition) is 0. The van der Waals surface area contributed by atoms with E-state index in [1.54, 1.807) is 9.80 Å². The summed E-state index contributed by atoms with van der Waals surface area (Å²) in [5.41, 5.74) is 1.52. The Morgan fingerprint density at radius 1 is 0.500 bits per heavy atom. The Morgan fingerprint density at radius 2 is 0.893 bits per heavy atom. The molecule has 2 amide bonds. The molecule has 0 unspecified atom stereocenters. The molecule has 0 bridgehead atoms. The Balaban J connectivity index is 1.45. The normalized spacial score (nSPS) is 14.9. The van der Waals surface area contributed by atoms with Crippen LogP contribution in [0, 0.1) is 0 Å². The molecule has 0 saturated carbocycles. The minimum atomic E-state index is -0.0805. The second-order valence-corrected chi connectivity index (χ2v) is 7.02. The van der Waals surface area contributed by atoms with E-state index in [2.05, 4.69) is 0 Å². The maximum Gasteiger partial charge on any atom is 0.247 e. The number of nitrogens with zero attached hydrogens (tertiary/aromatic N) is 2. The van der Waals surface area contributed by atoms with Crippen molar-refractivity contribution >= 4 is 44.7 Å². The van der Waals surface area contributed by atoms with Crippen molar-refractivity contribution in [1.82, 2.24) is 0 Å². The van der Waals surface area contributed by atoms with Crippen molar-refractivity contribution in [2.24, 2.45) is 0 Å². The van der Waals surface area contributed by atoms with E-state index in [1.165, 1.54) is 0 Å². The van der Waals surface area contributed by atoms with Crippen molar-refractivity contribution in [3.8, 4) is 0 Å². The molecule has 28 heavy (non-hydrogen) atoms. The van der Waals surface area contributed by atoms with E-state index in [0.29, 0.717) is 0 Å². The summed E-state index contributed by atoms with van der Waals surface area (Å²) in [6.45, 7) is 0.0913. The van der Waals surface area contributed by atoms with Crippen molar-refractivity contribution in [1.29, 1.82) is 0 Å². The van der Waals surface area contributed by atoms with Crippen LogP contribution in [0.5, 0.6) is 0 Å². The topological polar surface area (TPSA) is 40.6 Å². The molecule has 0 radical (unpaired) electrons. The maximum absolute atomic E-state index is 12.9. The monoisotopic (exact) mass is 366 g/mol. The molecule has 0 aromatic heterocycles. The van der Waals surface area contributed by atoms with Gasteiger partial charge < -0.3 is 9.80 Å². The van der Waals surface area contributed by atoms with E-state index < -0.39 is 0 Å². The van der Waals surface area contributed by atoms with E-state index in [4.69, 9.17) is 0 Å². The van der Waals surface area contributed by atoms with Crippen LogP contribution in [0.2, 0.25) is 0 Å². The maximum atomic E-state index is 12.9. The van der Waals surface area contributed by atoms with Gasteiger partial charge in [-0.15, -0.1) is 0 Å². The van der Waals surface area contributed by atoms with Crippen LogP contribution in [-0.2, 0) is 9.59 Å². The second-order valence-electron chi connectivity index (χ2n) is 7.02. The first-order chi connectivity index (χ1) is 13.7. The Labute approximate surface area is 162 Å². The number of hydrogen-bond acceptors (Lipinski definition) is 2. The first-order valence-corrected chi connectivity index (χ1v) is 9.27. The number of rotatable bonds is 2. The summed E-state index contributed by atoms with van der Waals surface area (Å²) in [6, 6.07) is 27.7. The number of amides is 2. The molecule has 1 aliphatic heterocycles. The fourth-order valence-corrected chi connectivity index (χ4v) is 3.78. The summed E-state index contributed by atoms with van der Waals surface area (Å²) in [5.74, 6) is -0.161. The zero-order valence-electron chi connectivity index (χ0n) is 15.2. The van der Waals surface area contributed by atoms with Gasteiger partial charge in [-0.2, -0.15) is 0 Å². The van der Waals surface area contributed by atoms with Gasteiger partial charge in [-0.3, -0.25) is 9.59 Å². The van der Waals surface area contributed by atoms with E-state index in [9.17, 15) is 9.59 Å². The summed E-state index contributed by atoms with van der Waals surface area (Å²) in [6.07, 6.45) is 0. The molecule has 4 nitrogen and oxygen atoms in total. The van der Waals surface area contributed by atoms with Crippen LogP contribution < -0.4 is 9.80 Å². The second kappa shape index (κ2) is 6.50. The minimum absolute atomic E-state index is 0.0456. The largest absolute Gasteiger partial charge is 0.301 e. The molecule has 4 aromatic rings. The Bertz CT molecular complexity index is 1130. The fourth-order valence-electron chi connectivity index (χ4n) is 3.78. The van der Waals surface area contributed by atoms with Gasteiger partial charge in [0, 0.05) is 11.4 Å². The number of carbonyl (C=O) groups excluding carboxylic acids is 2. The van der Waals surface area contributed by atoms with Crippen LogP contribution in [0.15, 0.2) is 84.9 Å². The van der Waals surface area contributed by atoms with Gasteiger partial charge in [-0.1, -0.05) is 60.7 Å². The molecular formula is C24H18N2O2. The van der Waals surface area contributed by atoms with Crippen molar-refractivity contribution in [2.75, 3.05) is 22.9 Å². The number of carbonyl (C=O) groups is 2. The molecule has 1 heterocycles. The van der Waals surface area contributed by atoms with E-state index in [0.717, 1.165) is 32.9 Å². The van der Waals surface area contributed by atoms with Gasteiger partial charge in [0.15, 0.2) is 0 Å². The van der Waals surface area contributed by atoms with E-state index in [-0.39, 0.29) is 24.9 Å². The average Bonchev–Trinajstić information content (AvgIpc) is 2.74. The molecule has 4 aromatic carbocycles. The zero-order chi connectivity index (χ0) is 19.1. The zero-order valence-corrected chi connectivity index (χ0v) is 15.2. The molecule has 0 N–H and O–H groups in total. The van der Waals surface area contributed by atoms with Crippen LogP contribution in [0.3, 0.4) is 0 Å². The van der Waals surface area contributed by atoms with Gasteiger partial charge in [-0.25, -0.2) is 0 Å². The standard InChI is InChI=1S/C24H18N2O2/c27-23-16-26(22-12-10-18-6-2-4-8-20(18)14-22)24(28)15-25(23)21-11-9-17-5-1-3-7-19(17)13-21/h1-14H,15-16H2. The highest BCUT2D eigenvalue weighted by molar-refractivity contribution is 6.13. The Hall–Kier alpha value is -3.66. The molecule has 0 spiro atoms. The summed E-state index contributed by atoms with van der Waals surface area (Å²) in [5, 5.41) is 4.33. The van der Waals surface area contributed by atoms with Crippen molar-refractivity contribution < 1.29 is 9.59 Å². The predicted molar refractivity (Wildman–Crippen MR) is 113 cm³/mol. The van der Waals surface area contributed by atoms with Gasteiger partial charge in [0.25, 0.3) is 0 Å². The molecule has 0 atom stereocenters. The van der Waals surface area contributed by atoms with Gasteiger partial charge in [0.1, 0.15) is 13.1 Å². The lowest BCUT2D eigenvalue weighted by Gasteiger charge is -2.34. The first-order valence-electron chi connectivity index (χ1n) is 9.27. The number of piperazine rings is 1. The molecule has 136 valence electrons. The molecule has 1 fully saturated rings. The van der Waals surface area contributed by atoms with Crippen molar-refractivity contribution in [2.45, 2.75) is 0 Å². The molecular weight excluding hydrogens is 348 g/mol. The van der Waals surface area contributed by atoms with Crippen LogP contribution >= 0.6 is 0 Å². The van der Waals surface area contributed by atoms with Crippen molar-refractivity contribution in [3.05, 3.63) is 84.9 Å². The molecule has 1 aliphatic rings. The summed E-state index contributed by atoms with van der Waals surface area (Å²) >= 11 is 0. The first kappa shape index (κ1) is 16.5. The van der Waals surface area contributed by atoms with Crippen molar-refractivity contribution in [3.63, 3.8) is 0 Å². The van der Waals surface area contributed by atoms with Gasteiger partial charge in [0.05, 0.1) is 0 Å². The van der Waals surface area contributed by atoms with Gasteiger partial charge >= 0.3 is 0 Å². The molecule has 4 heteroatoms. The number of fused-ring (bicyclic) bond motifs is 2. The van der Waals surface area contributed by atoms with Crippen LogP contribution in [0.25, 0.3) is 21.5 Å². The average molecular weight is 366 g/mol. The van der Waals surface area contributed by atoms with E-state index >= 15 is 0 Å². The predicted octanol–water partition coefficient (Wildman–Crippen LogP) is 4.37. The van der Waals surface area contributed by atoms with Crippen LogP contribution in [-0.4, -0.2) is 24.9 Å². The lowest BCUT2D eigenvalue weighted by atomic mass is 10.1. The molecule has 1 saturated heterocycles. The smallest absolute Gasteiger partial charge is 0.247 e. The van der Waals surface area contributed by atoms with Crippen LogP contribution in [0.1, 0.15) is 0 Å². The SMILES string of the molecule is O=C1CN(c2ccc3ccccc3c2)C(=O)CN1c1ccc2ccccc2c1. The molecule has 0 aliphatic carbocycles. The highest BCUT2D eigenvalue weighted by Crippen LogP contribution is 2.27. The number of anilines is 2.